The second kappa shape index (κ2) is 6.11. The van der Waals surface area contributed by atoms with Gasteiger partial charge in [-0.25, -0.2) is 0 Å². The molecule has 1 aromatic carbocycles. The van der Waals surface area contributed by atoms with E-state index in [2.05, 4.69) is 0 Å². The van der Waals surface area contributed by atoms with Crippen molar-refractivity contribution in [2.24, 2.45) is 0 Å². The van der Waals surface area contributed by atoms with E-state index in [0.717, 1.165) is 29.0 Å². The molecule has 0 aromatic heterocycles. The van der Waals surface area contributed by atoms with E-state index in [9.17, 15) is 5.11 Å². The second-order valence-electron chi connectivity index (χ2n) is 3.66. The predicted molar refractivity (Wildman–Crippen MR) is 62.3 cm³/mol. The van der Waals surface area contributed by atoms with Gasteiger partial charge in [0.1, 0.15) is 0 Å². The molecule has 84 valence electrons. The summed E-state index contributed by atoms with van der Waals surface area (Å²) in [6.07, 6.45) is 1.16. The Balaban J connectivity index is 2.57. The zero-order valence-corrected chi connectivity index (χ0v) is 9.92. The van der Waals surface area contributed by atoms with Gasteiger partial charge in [-0.05, 0) is 37.0 Å². The van der Waals surface area contributed by atoms with Crippen molar-refractivity contribution in [3.05, 3.63) is 34.3 Å². The molecule has 0 aliphatic rings. The molecular formula is C12H17ClO2. The molecule has 1 N–H and O–H groups in total. The molecule has 0 fully saturated rings. The third kappa shape index (κ3) is 3.82. The molecule has 0 saturated carbocycles. The van der Waals surface area contributed by atoms with E-state index in [1.54, 1.807) is 7.11 Å². The summed E-state index contributed by atoms with van der Waals surface area (Å²) >= 11 is 5.91. The quantitative estimate of drug-likeness (QED) is 0.785. The molecule has 3 heteroatoms. The second-order valence-corrected chi connectivity index (χ2v) is 4.07. The largest absolute Gasteiger partial charge is 0.388 e. The molecular weight excluding hydrogens is 212 g/mol. The lowest BCUT2D eigenvalue weighted by molar-refractivity contribution is 0.136. The first-order chi connectivity index (χ1) is 7.15. The Hall–Kier alpha value is -0.570. The molecule has 1 rings (SSSR count). The Morgan fingerprint density at radius 3 is 2.80 bits per heavy atom. The molecule has 0 heterocycles. The monoisotopic (exact) mass is 228 g/mol. The van der Waals surface area contributed by atoms with Crippen molar-refractivity contribution in [3.63, 3.8) is 0 Å². The maximum Gasteiger partial charge on any atom is 0.0791 e. The number of ether oxygens (including phenoxy) is 1. The summed E-state index contributed by atoms with van der Waals surface area (Å²) in [5.74, 6) is 0. The van der Waals surface area contributed by atoms with E-state index in [4.69, 9.17) is 16.3 Å². The van der Waals surface area contributed by atoms with Gasteiger partial charge in [-0.15, -0.1) is 0 Å². The van der Waals surface area contributed by atoms with Crippen LogP contribution in [-0.4, -0.2) is 18.8 Å². The fourth-order valence-electron chi connectivity index (χ4n) is 1.46. The van der Waals surface area contributed by atoms with E-state index in [1.165, 1.54) is 0 Å². The molecule has 0 spiro atoms. The first kappa shape index (κ1) is 12.5. The van der Waals surface area contributed by atoms with Gasteiger partial charge in [-0.3, -0.25) is 0 Å². The summed E-state index contributed by atoms with van der Waals surface area (Å²) in [5, 5.41) is 10.6. The Morgan fingerprint density at radius 1 is 1.47 bits per heavy atom. The van der Waals surface area contributed by atoms with Crippen LogP contribution in [0.4, 0.5) is 0 Å². The number of aryl methyl sites for hydroxylation is 1. The lowest BCUT2D eigenvalue weighted by Crippen LogP contribution is -2.00. The highest BCUT2D eigenvalue weighted by Gasteiger charge is 2.08. The van der Waals surface area contributed by atoms with Gasteiger partial charge in [0.05, 0.1) is 6.10 Å². The Labute approximate surface area is 95.8 Å². The number of aliphatic hydroxyl groups excluding tert-OH is 1. The minimum atomic E-state index is -0.420. The number of hydrogen-bond acceptors (Lipinski definition) is 2. The Morgan fingerprint density at radius 2 is 2.20 bits per heavy atom. The zero-order chi connectivity index (χ0) is 11.3. The lowest BCUT2D eigenvalue weighted by Gasteiger charge is -2.11. The highest BCUT2D eigenvalue weighted by Crippen LogP contribution is 2.23. The van der Waals surface area contributed by atoms with E-state index in [0.29, 0.717) is 6.61 Å². The van der Waals surface area contributed by atoms with E-state index in [-0.39, 0.29) is 0 Å². The third-order valence-electron chi connectivity index (χ3n) is 2.39. The van der Waals surface area contributed by atoms with Gasteiger partial charge < -0.3 is 9.84 Å². The average Bonchev–Trinajstić information content (AvgIpc) is 2.22. The summed E-state index contributed by atoms with van der Waals surface area (Å²) in [5.41, 5.74) is 1.92. The van der Waals surface area contributed by atoms with Crippen molar-refractivity contribution in [1.29, 1.82) is 0 Å². The molecule has 0 amide bonds. The standard InChI is InChI=1S/C12H17ClO2/c1-9-8-10(5-6-11(9)13)12(14)4-3-7-15-2/h5-6,8,12,14H,3-4,7H2,1-2H3. The van der Waals surface area contributed by atoms with Crippen molar-refractivity contribution >= 4 is 11.6 Å². The number of halogens is 1. The van der Waals surface area contributed by atoms with Gasteiger partial charge in [-0.1, -0.05) is 23.7 Å². The maximum atomic E-state index is 9.86. The molecule has 0 aliphatic carbocycles. The fraction of sp³-hybridized carbons (Fsp3) is 0.500. The van der Waals surface area contributed by atoms with Gasteiger partial charge in [0.25, 0.3) is 0 Å². The summed E-state index contributed by atoms with van der Waals surface area (Å²) in [7, 11) is 1.67. The molecule has 1 unspecified atom stereocenters. The summed E-state index contributed by atoms with van der Waals surface area (Å²) < 4.78 is 4.94. The zero-order valence-electron chi connectivity index (χ0n) is 9.16. The Bertz CT molecular complexity index is 312. The van der Waals surface area contributed by atoms with Crippen molar-refractivity contribution in [1.82, 2.24) is 0 Å². The van der Waals surface area contributed by atoms with Gasteiger partial charge in [0, 0.05) is 18.7 Å². The first-order valence-corrected chi connectivity index (χ1v) is 5.46. The van der Waals surface area contributed by atoms with Gasteiger partial charge in [0.2, 0.25) is 0 Å². The summed E-state index contributed by atoms with van der Waals surface area (Å²) in [6, 6.07) is 5.62. The van der Waals surface area contributed by atoms with Crippen LogP contribution in [0.3, 0.4) is 0 Å². The van der Waals surface area contributed by atoms with Crippen LogP contribution in [0.2, 0.25) is 5.02 Å². The third-order valence-corrected chi connectivity index (χ3v) is 2.82. The van der Waals surface area contributed by atoms with E-state index >= 15 is 0 Å². The number of aliphatic hydroxyl groups is 1. The first-order valence-electron chi connectivity index (χ1n) is 5.08. The minimum absolute atomic E-state index is 0.420. The topological polar surface area (TPSA) is 29.5 Å². The molecule has 1 aromatic rings. The van der Waals surface area contributed by atoms with Crippen LogP contribution in [0.5, 0.6) is 0 Å². The van der Waals surface area contributed by atoms with Crippen LogP contribution >= 0.6 is 11.6 Å². The minimum Gasteiger partial charge on any atom is -0.388 e. The molecule has 2 nitrogen and oxygen atoms in total. The van der Waals surface area contributed by atoms with Crippen molar-refractivity contribution in [2.75, 3.05) is 13.7 Å². The van der Waals surface area contributed by atoms with Crippen LogP contribution in [-0.2, 0) is 4.74 Å². The normalized spacial score (nSPS) is 12.8. The van der Waals surface area contributed by atoms with Crippen LogP contribution in [0.15, 0.2) is 18.2 Å². The van der Waals surface area contributed by atoms with Gasteiger partial charge >= 0.3 is 0 Å². The molecule has 1 atom stereocenters. The molecule has 0 aliphatic heterocycles. The van der Waals surface area contributed by atoms with Crippen LogP contribution in [0, 0.1) is 6.92 Å². The summed E-state index contributed by atoms with van der Waals surface area (Å²) in [6.45, 7) is 2.62. The average molecular weight is 229 g/mol. The number of methoxy groups -OCH3 is 1. The molecule has 15 heavy (non-hydrogen) atoms. The van der Waals surface area contributed by atoms with Crippen molar-refractivity contribution in [2.45, 2.75) is 25.9 Å². The SMILES string of the molecule is COCCCC(O)c1ccc(Cl)c(C)c1. The van der Waals surface area contributed by atoms with E-state index < -0.39 is 6.10 Å². The fourth-order valence-corrected chi connectivity index (χ4v) is 1.58. The highest BCUT2D eigenvalue weighted by molar-refractivity contribution is 6.31. The maximum absolute atomic E-state index is 9.86. The van der Waals surface area contributed by atoms with Crippen molar-refractivity contribution in [3.8, 4) is 0 Å². The number of hydrogen-bond donors (Lipinski definition) is 1. The smallest absolute Gasteiger partial charge is 0.0791 e. The molecule has 0 bridgehead atoms. The predicted octanol–water partition coefficient (Wildman–Crippen LogP) is 3.11. The highest BCUT2D eigenvalue weighted by atomic mass is 35.5. The van der Waals surface area contributed by atoms with Crippen LogP contribution in [0.1, 0.15) is 30.1 Å². The summed E-state index contributed by atoms with van der Waals surface area (Å²) in [4.78, 5) is 0. The number of rotatable bonds is 5. The molecule has 0 saturated heterocycles. The Kier molecular flexibility index (Phi) is 5.09. The molecule has 0 radical (unpaired) electrons. The van der Waals surface area contributed by atoms with E-state index in [1.807, 2.05) is 25.1 Å². The lowest BCUT2D eigenvalue weighted by atomic mass is 10.0. The van der Waals surface area contributed by atoms with Gasteiger partial charge in [0.15, 0.2) is 0 Å². The van der Waals surface area contributed by atoms with Crippen LogP contribution < -0.4 is 0 Å². The number of benzene rings is 1. The van der Waals surface area contributed by atoms with Gasteiger partial charge in [-0.2, -0.15) is 0 Å². The van der Waals surface area contributed by atoms with Crippen LogP contribution in [0.25, 0.3) is 0 Å². The van der Waals surface area contributed by atoms with Crippen molar-refractivity contribution < 1.29 is 9.84 Å².